The summed E-state index contributed by atoms with van der Waals surface area (Å²) in [4.78, 5) is 22.4. The van der Waals surface area contributed by atoms with Crippen LogP contribution in [-0.4, -0.2) is 26.3 Å². The van der Waals surface area contributed by atoms with Crippen LogP contribution in [0.25, 0.3) is 11.1 Å². The van der Waals surface area contributed by atoms with Gasteiger partial charge in [0.05, 0.1) is 0 Å². The lowest BCUT2D eigenvalue weighted by molar-refractivity contribution is 0.0962. The summed E-state index contributed by atoms with van der Waals surface area (Å²) in [6, 6.07) is 32.9. The third-order valence-corrected chi connectivity index (χ3v) is 5.33. The summed E-state index contributed by atoms with van der Waals surface area (Å²) >= 11 is 0. The molecule has 0 bridgehead atoms. The Morgan fingerprint density at radius 2 is 1.36 bits per heavy atom. The topological polar surface area (TPSA) is 67.4 Å². The molecule has 0 unspecified atom stereocenters. The van der Waals surface area contributed by atoms with Crippen LogP contribution >= 0.6 is 12.4 Å². The Labute approximate surface area is 218 Å². The third kappa shape index (κ3) is 8.08. The zero-order valence-corrected chi connectivity index (χ0v) is 21.3. The van der Waals surface area contributed by atoms with Crippen molar-refractivity contribution in [2.24, 2.45) is 0 Å². The number of hydrogen-bond donors (Lipinski definition) is 2. The predicted octanol–water partition coefficient (Wildman–Crippen LogP) is 5.93. The number of benzene rings is 4. The summed E-state index contributed by atoms with van der Waals surface area (Å²) in [5, 5.41) is 5.62. The van der Waals surface area contributed by atoms with E-state index in [1.54, 1.807) is 7.05 Å². The molecule has 4 aromatic rings. The normalized spacial score (nSPS) is 9.72. The van der Waals surface area contributed by atoms with Crippen LogP contribution < -0.4 is 15.4 Å². The number of aldehydes is 1. The molecule has 0 aliphatic heterocycles. The largest absolute Gasteiger partial charge is 0.488 e. The molecule has 2 N–H and O–H groups in total. The summed E-state index contributed by atoms with van der Waals surface area (Å²) < 4.78 is 5.96. The van der Waals surface area contributed by atoms with Crippen molar-refractivity contribution >= 4 is 24.6 Å². The third-order valence-electron chi connectivity index (χ3n) is 5.33. The van der Waals surface area contributed by atoms with Crippen molar-refractivity contribution in [2.45, 2.75) is 13.2 Å². The van der Waals surface area contributed by atoms with E-state index < -0.39 is 0 Å². The Morgan fingerprint density at radius 3 is 2.00 bits per heavy atom. The molecular formula is C30H31ClN2O3. The minimum Gasteiger partial charge on any atom is -0.488 e. The number of carbonyl (C=O) groups excluding carboxylic acids is 2. The number of halogens is 1. The van der Waals surface area contributed by atoms with Crippen LogP contribution in [0, 0.1) is 0 Å². The first-order valence-electron chi connectivity index (χ1n) is 11.4. The smallest absolute Gasteiger partial charge is 0.251 e. The van der Waals surface area contributed by atoms with Crippen molar-refractivity contribution in [3.63, 3.8) is 0 Å². The van der Waals surface area contributed by atoms with Crippen molar-refractivity contribution in [1.82, 2.24) is 10.6 Å². The van der Waals surface area contributed by atoms with Gasteiger partial charge in [-0.05, 0) is 41.9 Å². The van der Waals surface area contributed by atoms with Gasteiger partial charge in [-0.2, -0.15) is 0 Å². The molecule has 0 atom stereocenters. The van der Waals surface area contributed by atoms with Crippen LogP contribution in [-0.2, 0) is 13.2 Å². The van der Waals surface area contributed by atoms with E-state index in [1.807, 2.05) is 110 Å². The molecule has 0 radical (unpaired) electrons. The SMILES string of the molecule is CNCc1ccc(C(=O)NC)cc1.Cl.O=Cc1ccccc1-c1ccccc1OCc1ccccc1. The molecule has 36 heavy (non-hydrogen) atoms. The van der Waals surface area contributed by atoms with E-state index in [-0.39, 0.29) is 18.3 Å². The number of carbonyl (C=O) groups is 2. The molecule has 0 saturated heterocycles. The number of nitrogens with one attached hydrogen (secondary N) is 2. The highest BCUT2D eigenvalue weighted by molar-refractivity contribution is 5.94. The highest BCUT2D eigenvalue weighted by atomic mass is 35.5. The first-order valence-corrected chi connectivity index (χ1v) is 11.4. The zero-order chi connectivity index (χ0) is 24.9. The van der Waals surface area contributed by atoms with Gasteiger partial charge < -0.3 is 15.4 Å². The Hall–Kier alpha value is -3.93. The lowest BCUT2D eigenvalue weighted by atomic mass is 9.99. The Morgan fingerprint density at radius 1 is 0.750 bits per heavy atom. The minimum absolute atomic E-state index is 0. The lowest BCUT2D eigenvalue weighted by Crippen LogP contribution is -2.17. The van der Waals surface area contributed by atoms with Crippen molar-refractivity contribution in [1.29, 1.82) is 0 Å². The van der Waals surface area contributed by atoms with Gasteiger partial charge in [-0.3, -0.25) is 9.59 Å². The molecule has 186 valence electrons. The van der Waals surface area contributed by atoms with Crippen molar-refractivity contribution in [3.8, 4) is 16.9 Å². The van der Waals surface area contributed by atoms with Crippen LogP contribution in [0.1, 0.15) is 31.8 Å². The van der Waals surface area contributed by atoms with Gasteiger partial charge in [0.2, 0.25) is 0 Å². The highest BCUT2D eigenvalue weighted by Gasteiger charge is 2.09. The number of rotatable bonds is 8. The van der Waals surface area contributed by atoms with Gasteiger partial charge in [0.1, 0.15) is 12.4 Å². The molecular weight excluding hydrogens is 472 g/mol. The fourth-order valence-electron chi connectivity index (χ4n) is 3.52. The van der Waals surface area contributed by atoms with E-state index in [9.17, 15) is 9.59 Å². The molecule has 0 spiro atoms. The molecule has 0 saturated carbocycles. The van der Waals surface area contributed by atoms with Crippen LogP contribution in [0.4, 0.5) is 0 Å². The Kier molecular flexibility index (Phi) is 11.9. The number of para-hydroxylation sites is 1. The van der Waals surface area contributed by atoms with Crippen molar-refractivity contribution in [2.75, 3.05) is 14.1 Å². The van der Waals surface area contributed by atoms with E-state index in [4.69, 9.17) is 4.74 Å². The summed E-state index contributed by atoms with van der Waals surface area (Å²) in [5.74, 6) is 0.733. The van der Waals surface area contributed by atoms with Crippen LogP contribution in [0.3, 0.4) is 0 Å². The molecule has 4 aromatic carbocycles. The summed E-state index contributed by atoms with van der Waals surface area (Å²) in [7, 11) is 3.52. The molecule has 1 amide bonds. The zero-order valence-electron chi connectivity index (χ0n) is 20.4. The second-order valence-corrected chi connectivity index (χ2v) is 7.78. The van der Waals surface area contributed by atoms with Crippen LogP contribution in [0.15, 0.2) is 103 Å². The molecule has 0 aliphatic rings. The Bertz CT molecular complexity index is 1230. The van der Waals surface area contributed by atoms with Crippen molar-refractivity contribution < 1.29 is 14.3 Å². The van der Waals surface area contributed by atoms with E-state index in [1.165, 1.54) is 5.56 Å². The quantitative estimate of drug-likeness (QED) is 0.293. The van der Waals surface area contributed by atoms with Crippen LogP contribution in [0.5, 0.6) is 5.75 Å². The Balaban J connectivity index is 0.000000281. The van der Waals surface area contributed by atoms with E-state index in [2.05, 4.69) is 10.6 Å². The average molecular weight is 503 g/mol. The van der Waals surface area contributed by atoms with Gasteiger partial charge in [0, 0.05) is 30.3 Å². The van der Waals surface area contributed by atoms with Gasteiger partial charge in [0.25, 0.3) is 5.91 Å². The van der Waals surface area contributed by atoms with E-state index in [0.717, 1.165) is 35.3 Å². The van der Waals surface area contributed by atoms with Gasteiger partial charge >= 0.3 is 0 Å². The van der Waals surface area contributed by atoms with Gasteiger partial charge in [-0.25, -0.2) is 0 Å². The van der Waals surface area contributed by atoms with Gasteiger partial charge in [-0.15, -0.1) is 12.4 Å². The number of amides is 1. The van der Waals surface area contributed by atoms with E-state index >= 15 is 0 Å². The van der Waals surface area contributed by atoms with Gasteiger partial charge in [-0.1, -0.05) is 84.9 Å². The maximum atomic E-state index is 11.3. The van der Waals surface area contributed by atoms with E-state index in [0.29, 0.717) is 17.7 Å². The predicted molar refractivity (Wildman–Crippen MR) is 148 cm³/mol. The monoisotopic (exact) mass is 502 g/mol. The number of hydrogen-bond acceptors (Lipinski definition) is 4. The molecule has 5 nitrogen and oxygen atoms in total. The first kappa shape index (κ1) is 28.3. The molecule has 6 heteroatoms. The second kappa shape index (κ2) is 15.1. The maximum absolute atomic E-state index is 11.3. The molecule has 0 fully saturated rings. The second-order valence-electron chi connectivity index (χ2n) is 7.78. The molecule has 4 rings (SSSR count). The summed E-state index contributed by atoms with van der Waals surface area (Å²) in [6.45, 7) is 1.33. The maximum Gasteiger partial charge on any atom is 0.251 e. The molecule has 0 aliphatic carbocycles. The van der Waals surface area contributed by atoms with Crippen molar-refractivity contribution in [3.05, 3.63) is 125 Å². The number of ether oxygens (including phenoxy) is 1. The minimum atomic E-state index is -0.0454. The fraction of sp³-hybridized carbons (Fsp3) is 0.133. The van der Waals surface area contributed by atoms with Crippen LogP contribution in [0.2, 0.25) is 0 Å². The highest BCUT2D eigenvalue weighted by Crippen LogP contribution is 2.32. The lowest BCUT2D eigenvalue weighted by Gasteiger charge is -2.13. The fourth-order valence-corrected chi connectivity index (χ4v) is 3.52. The molecule has 0 heterocycles. The summed E-state index contributed by atoms with van der Waals surface area (Å²) in [6.07, 6.45) is 0.878. The standard InChI is InChI=1S/C20H16O2.C10H14N2O.ClH/c21-14-17-10-4-5-11-18(17)19-12-6-7-13-20(19)22-15-16-8-2-1-3-9-16;1-11-7-8-3-5-9(6-4-8)10(13)12-2;/h1-14H,15H2;3-6,11H,7H2,1-2H3,(H,12,13);1H. The summed E-state index contributed by atoms with van der Waals surface area (Å²) in [5.41, 5.74) is 5.47. The molecule has 0 aromatic heterocycles. The van der Waals surface area contributed by atoms with Gasteiger partial charge in [0.15, 0.2) is 6.29 Å². The average Bonchev–Trinajstić information content (AvgIpc) is 2.93. The first-order chi connectivity index (χ1) is 17.2.